The van der Waals surface area contributed by atoms with Gasteiger partial charge in [-0.1, -0.05) is 35.9 Å². The molecule has 0 radical (unpaired) electrons. The molecule has 0 spiro atoms. The first-order valence-corrected chi connectivity index (χ1v) is 7.69. The minimum Gasteiger partial charge on any atom is -0.328 e. The lowest BCUT2D eigenvalue weighted by Crippen LogP contribution is -2.38. The van der Waals surface area contributed by atoms with E-state index in [1.165, 1.54) is 18.2 Å². The van der Waals surface area contributed by atoms with Crippen molar-refractivity contribution in [3.63, 3.8) is 0 Å². The number of alkyl halides is 3. The van der Waals surface area contributed by atoms with Gasteiger partial charge >= 0.3 is 12.2 Å². The fourth-order valence-electron chi connectivity index (χ4n) is 2.59. The topological polar surface area (TPSA) is 41.1 Å². The Bertz CT molecular complexity index is 755. The van der Waals surface area contributed by atoms with Gasteiger partial charge < -0.3 is 10.6 Å². The Morgan fingerprint density at radius 3 is 2.25 bits per heavy atom. The van der Waals surface area contributed by atoms with E-state index in [0.717, 1.165) is 24.5 Å². The molecule has 2 aromatic carbocycles. The summed E-state index contributed by atoms with van der Waals surface area (Å²) in [5, 5.41) is 5.65. The van der Waals surface area contributed by atoms with E-state index in [9.17, 15) is 18.0 Å². The summed E-state index contributed by atoms with van der Waals surface area (Å²) in [6, 6.07) is 11.3. The maximum absolute atomic E-state index is 13.0. The Morgan fingerprint density at radius 1 is 1.04 bits per heavy atom. The van der Waals surface area contributed by atoms with Crippen LogP contribution in [-0.4, -0.2) is 6.03 Å². The fourth-order valence-corrected chi connectivity index (χ4v) is 2.72. The third-order valence-electron chi connectivity index (χ3n) is 3.98. The lowest BCUT2D eigenvalue weighted by molar-refractivity contribution is -0.136. The number of halogens is 4. The van der Waals surface area contributed by atoms with Crippen LogP contribution in [0.2, 0.25) is 5.02 Å². The average Bonchev–Trinajstić information content (AvgIpc) is 3.28. The lowest BCUT2D eigenvalue weighted by Gasteiger charge is -2.20. The largest absolute Gasteiger partial charge is 0.418 e. The number of hydrogen-bond donors (Lipinski definition) is 2. The summed E-state index contributed by atoms with van der Waals surface area (Å²) in [6.07, 6.45) is -3.08. The average molecular weight is 355 g/mol. The molecule has 0 aromatic heterocycles. The van der Waals surface area contributed by atoms with Gasteiger partial charge in [0.2, 0.25) is 0 Å². The highest BCUT2D eigenvalue weighted by Gasteiger charge is 2.46. The van der Waals surface area contributed by atoms with Gasteiger partial charge in [0, 0.05) is 5.02 Å². The van der Waals surface area contributed by atoms with Crippen molar-refractivity contribution in [2.75, 3.05) is 5.32 Å². The Morgan fingerprint density at radius 2 is 1.67 bits per heavy atom. The zero-order valence-electron chi connectivity index (χ0n) is 12.5. The maximum Gasteiger partial charge on any atom is 0.418 e. The highest BCUT2D eigenvalue weighted by molar-refractivity contribution is 6.30. The van der Waals surface area contributed by atoms with Crippen molar-refractivity contribution < 1.29 is 18.0 Å². The van der Waals surface area contributed by atoms with E-state index >= 15 is 0 Å². The molecule has 1 saturated carbocycles. The Balaban J connectivity index is 1.74. The monoisotopic (exact) mass is 354 g/mol. The first-order valence-electron chi connectivity index (χ1n) is 7.32. The van der Waals surface area contributed by atoms with Crippen LogP contribution in [0.4, 0.5) is 23.7 Å². The highest BCUT2D eigenvalue weighted by Crippen LogP contribution is 2.45. The minimum atomic E-state index is -4.53. The second-order valence-corrected chi connectivity index (χ2v) is 6.15. The van der Waals surface area contributed by atoms with Crippen LogP contribution in [0, 0.1) is 0 Å². The number of benzene rings is 2. The van der Waals surface area contributed by atoms with Crippen LogP contribution in [0.1, 0.15) is 24.0 Å². The Hall–Kier alpha value is -2.21. The molecule has 2 N–H and O–H groups in total. The molecule has 0 unspecified atom stereocenters. The Labute approximate surface area is 141 Å². The number of hydrogen-bond acceptors (Lipinski definition) is 1. The van der Waals surface area contributed by atoms with Crippen LogP contribution in [0.3, 0.4) is 0 Å². The van der Waals surface area contributed by atoms with Crippen molar-refractivity contribution >= 4 is 23.3 Å². The van der Waals surface area contributed by atoms with Gasteiger partial charge in [0.1, 0.15) is 0 Å². The normalized spacial score (nSPS) is 15.7. The van der Waals surface area contributed by atoms with Crippen molar-refractivity contribution in [3.05, 3.63) is 64.7 Å². The summed E-state index contributed by atoms with van der Waals surface area (Å²) in [5.41, 5.74) is -0.806. The van der Waals surface area contributed by atoms with E-state index in [1.54, 1.807) is 24.3 Å². The highest BCUT2D eigenvalue weighted by atomic mass is 35.5. The molecule has 24 heavy (non-hydrogen) atoms. The standard InChI is InChI=1S/C17H14ClF3N2O/c18-12-7-5-11(6-8-12)16(9-10-16)23-15(24)22-14-4-2-1-3-13(14)17(19,20)21/h1-8H,9-10H2,(H2,22,23,24). The summed E-state index contributed by atoms with van der Waals surface area (Å²) in [4.78, 5) is 12.2. The van der Waals surface area contributed by atoms with Crippen molar-refractivity contribution in [2.45, 2.75) is 24.6 Å². The molecule has 2 aromatic rings. The van der Waals surface area contributed by atoms with E-state index in [2.05, 4.69) is 10.6 Å². The lowest BCUT2D eigenvalue weighted by atomic mass is 10.1. The van der Waals surface area contributed by atoms with Crippen LogP contribution in [0.15, 0.2) is 48.5 Å². The van der Waals surface area contributed by atoms with Crippen molar-refractivity contribution in [2.24, 2.45) is 0 Å². The number of nitrogens with one attached hydrogen (secondary N) is 2. The molecule has 0 bridgehead atoms. The van der Waals surface area contributed by atoms with Crippen molar-refractivity contribution in [1.29, 1.82) is 0 Å². The molecule has 7 heteroatoms. The third kappa shape index (κ3) is 3.48. The molecule has 0 saturated heterocycles. The van der Waals surface area contributed by atoms with Gasteiger partial charge in [-0.05, 0) is 42.7 Å². The first kappa shape index (κ1) is 16.6. The third-order valence-corrected chi connectivity index (χ3v) is 4.23. The zero-order valence-corrected chi connectivity index (χ0v) is 13.2. The molecule has 2 amide bonds. The second kappa shape index (κ2) is 6.02. The first-order chi connectivity index (χ1) is 11.3. The fraction of sp³-hybridized carbons (Fsp3) is 0.235. The summed E-state index contributed by atoms with van der Waals surface area (Å²) in [7, 11) is 0. The summed E-state index contributed by atoms with van der Waals surface area (Å²) in [6.45, 7) is 0. The van der Waals surface area contributed by atoms with E-state index in [1.807, 2.05) is 0 Å². The van der Waals surface area contributed by atoms with Crippen LogP contribution in [0.25, 0.3) is 0 Å². The molecule has 3 rings (SSSR count). The summed E-state index contributed by atoms with van der Waals surface area (Å²) in [5.74, 6) is 0. The van der Waals surface area contributed by atoms with E-state index < -0.39 is 23.3 Å². The van der Waals surface area contributed by atoms with Gasteiger partial charge in [-0.2, -0.15) is 13.2 Å². The number of rotatable bonds is 3. The van der Waals surface area contributed by atoms with Gasteiger partial charge in [-0.15, -0.1) is 0 Å². The molecule has 1 aliphatic rings. The van der Waals surface area contributed by atoms with E-state index in [-0.39, 0.29) is 5.69 Å². The number of para-hydroxylation sites is 1. The van der Waals surface area contributed by atoms with Crippen LogP contribution in [-0.2, 0) is 11.7 Å². The van der Waals surface area contributed by atoms with Gasteiger partial charge in [-0.3, -0.25) is 0 Å². The molecule has 0 atom stereocenters. The molecule has 0 aliphatic heterocycles. The number of urea groups is 1. The summed E-state index contributed by atoms with van der Waals surface area (Å²) < 4.78 is 38.9. The van der Waals surface area contributed by atoms with Gasteiger partial charge in [0.15, 0.2) is 0 Å². The number of carbonyl (C=O) groups is 1. The molecule has 126 valence electrons. The second-order valence-electron chi connectivity index (χ2n) is 5.71. The molecular weight excluding hydrogens is 341 g/mol. The molecule has 1 fully saturated rings. The predicted molar refractivity (Wildman–Crippen MR) is 86.0 cm³/mol. The van der Waals surface area contributed by atoms with Gasteiger partial charge in [0.05, 0.1) is 16.8 Å². The molecule has 0 heterocycles. The van der Waals surface area contributed by atoms with Crippen molar-refractivity contribution in [3.8, 4) is 0 Å². The summed E-state index contributed by atoms with van der Waals surface area (Å²) >= 11 is 5.85. The number of amides is 2. The van der Waals surface area contributed by atoms with E-state index in [0.29, 0.717) is 5.02 Å². The predicted octanol–water partition coefficient (Wildman–Crippen LogP) is 5.17. The van der Waals surface area contributed by atoms with Crippen molar-refractivity contribution in [1.82, 2.24) is 5.32 Å². The Kier molecular flexibility index (Phi) is 4.17. The van der Waals surface area contributed by atoms with Gasteiger partial charge in [0.25, 0.3) is 0 Å². The molecule has 1 aliphatic carbocycles. The van der Waals surface area contributed by atoms with Crippen LogP contribution < -0.4 is 10.6 Å². The quantitative estimate of drug-likeness (QED) is 0.784. The molecule has 3 nitrogen and oxygen atoms in total. The van der Waals surface area contributed by atoms with Gasteiger partial charge in [-0.25, -0.2) is 4.79 Å². The van der Waals surface area contributed by atoms with E-state index in [4.69, 9.17) is 11.6 Å². The van der Waals surface area contributed by atoms with Crippen LogP contribution in [0.5, 0.6) is 0 Å². The number of carbonyl (C=O) groups excluding carboxylic acids is 1. The SMILES string of the molecule is O=C(Nc1ccccc1C(F)(F)F)NC1(c2ccc(Cl)cc2)CC1. The van der Waals surface area contributed by atoms with Crippen LogP contribution >= 0.6 is 11.6 Å². The smallest absolute Gasteiger partial charge is 0.328 e. The zero-order chi connectivity index (χ0) is 17.4. The minimum absolute atomic E-state index is 0.269. The number of anilines is 1. The maximum atomic E-state index is 13.0. The molecular formula is C17H14ClF3N2O.